The van der Waals surface area contributed by atoms with Gasteiger partial charge in [-0.3, -0.25) is 0 Å². The first kappa shape index (κ1) is 10.5. The number of halogens is 1. The normalized spacial score (nSPS) is 18.0. The lowest BCUT2D eigenvalue weighted by Gasteiger charge is -2.11. The lowest BCUT2D eigenvalue weighted by atomic mass is 9.94. The molecule has 2 aliphatic rings. The summed E-state index contributed by atoms with van der Waals surface area (Å²) in [5.74, 6) is 0.961. The topological polar surface area (TPSA) is 21.3 Å². The van der Waals surface area contributed by atoms with Gasteiger partial charge in [0.25, 0.3) is 0 Å². The molecule has 0 unspecified atom stereocenters. The second kappa shape index (κ2) is 3.97. The van der Waals surface area contributed by atoms with Gasteiger partial charge in [0.2, 0.25) is 0 Å². The van der Waals surface area contributed by atoms with Gasteiger partial charge in [-0.05, 0) is 42.7 Å². The molecule has 1 aliphatic heterocycles. The van der Waals surface area contributed by atoms with Gasteiger partial charge < -0.3 is 4.84 Å². The molecule has 2 nitrogen and oxygen atoms in total. The molecule has 3 heteroatoms. The maximum atomic E-state index is 5.88. The van der Waals surface area contributed by atoms with Gasteiger partial charge >= 0.3 is 0 Å². The Hall–Kier alpha value is -1.67. The minimum atomic E-state index is 0.761. The van der Waals surface area contributed by atoms with E-state index in [1.165, 1.54) is 16.7 Å². The van der Waals surface area contributed by atoms with Gasteiger partial charge in [-0.2, -0.15) is 0 Å². The first-order valence-electron chi connectivity index (χ1n) is 5.55. The zero-order valence-corrected chi connectivity index (χ0v) is 10.2. The van der Waals surface area contributed by atoms with E-state index in [9.17, 15) is 0 Å². The Kier molecular flexibility index (Phi) is 2.45. The number of hydroxylamine groups is 1. The fraction of sp³-hybridized carbons (Fsp3) is 0.143. The van der Waals surface area contributed by atoms with Crippen LogP contribution in [0.5, 0.6) is 0 Å². The maximum Gasteiger partial charge on any atom is 0.134 e. The first-order valence-corrected chi connectivity index (χ1v) is 5.92. The Balaban J connectivity index is 1.95. The molecule has 0 radical (unpaired) electrons. The number of nitrogens with one attached hydrogen (secondary N) is 1. The highest BCUT2D eigenvalue weighted by molar-refractivity contribution is 6.30. The van der Waals surface area contributed by atoms with Crippen LogP contribution in [0.1, 0.15) is 18.9 Å². The van der Waals surface area contributed by atoms with Crippen molar-refractivity contribution in [2.24, 2.45) is 0 Å². The van der Waals surface area contributed by atoms with Crippen LogP contribution in [0.15, 0.2) is 53.4 Å². The van der Waals surface area contributed by atoms with Gasteiger partial charge in [0.1, 0.15) is 5.76 Å². The number of benzene rings is 1. The van der Waals surface area contributed by atoms with Gasteiger partial charge in [0, 0.05) is 10.6 Å². The molecule has 86 valence electrons. The smallest absolute Gasteiger partial charge is 0.134 e. The fourth-order valence-electron chi connectivity index (χ4n) is 2.08. The van der Waals surface area contributed by atoms with Crippen molar-refractivity contribution in [1.29, 1.82) is 0 Å². The average Bonchev–Trinajstić information content (AvgIpc) is 2.72. The maximum absolute atomic E-state index is 5.88. The highest BCUT2D eigenvalue weighted by Crippen LogP contribution is 2.33. The van der Waals surface area contributed by atoms with Gasteiger partial charge in [-0.15, -0.1) is 0 Å². The van der Waals surface area contributed by atoms with E-state index in [0.717, 1.165) is 22.9 Å². The van der Waals surface area contributed by atoms with Crippen molar-refractivity contribution < 1.29 is 4.84 Å². The second-order valence-electron chi connectivity index (χ2n) is 4.17. The summed E-state index contributed by atoms with van der Waals surface area (Å²) in [6.45, 7) is 1.98. The number of hydrogen-bond donors (Lipinski definition) is 1. The summed E-state index contributed by atoms with van der Waals surface area (Å²) >= 11 is 5.88. The first-order chi connectivity index (χ1) is 8.24. The van der Waals surface area contributed by atoms with E-state index in [4.69, 9.17) is 16.4 Å². The minimum absolute atomic E-state index is 0.761. The number of hydrogen-bond acceptors (Lipinski definition) is 2. The van der Waals surface area contributed by atoms with E-state index in [-0.39, 0.29) is 0 Å². The van der Waals surface area contributed by atoms with E-state index in [1.807, 2.05) is 31.2 Å². The molecule has 0 saturated heterocycles. The standard InChI is InChI=1S/C14H12ClNO/c1-9-13-7-4-11(8-14(13)16-17-9)10-2-5-12(15)6-3-10/h2-6,8,16H,7H2,1H3. The van der Waals surface area contributed by atoms with Gasteiger partial charge in [-0.25, -0.2) is 5.48 Å². The van der Waals surface area contributed by atoms with Crippen LogP contribution in [0.25, 0.3) is 5.57 Å². The molecule has 0 amide bonds. The average molecular weight is 246 g/mol. The summed E-state index contributed by atoms with van der Waals surface area (Å²) in [7, 11) is 0. The summed E-state index contributed by atoms with van der Waals surface area (Å²) in [5, 5.41) is 0.761. The van der Waals surface area contributed by atoms with Crippen LogP contribution in [0, 0.1) is 0 Å². The summed E-state index contributed by atoms with van der Waals surface area (Å²) in [4.78, 5) is 5.31. The van der Waals surface area contributed by atoms with E-state index < -0.39 is 0 Å². The molecule has 1 aromatic carbocycles. The van der Waals surface area contributed by atoms with E-state index in [0.29, 0.717) is 0 Å². The summed E-state index contributed by atoms with van der Waals surface area (Å²) < 4.78 is 0. The summed E-state index contributed by atoms with van der Waals surface area (Å²) in [5.41, 5.74) is 7.62. The predicted octanol–water partition coefficient (Wildman–Crippen LogP) is 3.82. The van der Waals surface area contributed by atoms with Crippen LogP contribution < -0.4 is 5.48 Å². The summed E-state index contributed by atoms with van der Waals surface area (Å²) in [6, 6.07) is 7.88. The van der Waals surface area contributed by atoms with Gasteiger partial charge in [0.05, 0.1) is 5.70 Å². The third kappa shape index (κ3) is 1.85. The molecule has 1 aromatic rings. The Morgan fingerprint density at radius 1 is 1.24 bits per heavy atom. The molecule has 0 atom stereocenters. The zero-order valence-electron chi connectivity index (χ0n) is 9.46. The fourth-order valence-corrected chi connectivity index (χ4v) is 2.21. The lowest BCUT2D eigenvalue weighted by Crippen LogP contribution is -2.07. The minimum Gasteiger partial charge on any atom is -0.387 e. The summed E-state index contributed by atoms with van der Waals surface area (Å²) in [6.07, 6.45) is 5.23. The molecule has 0 saturated carbocycles. The highest BCUT2D eigenvalue weighted by atomic mass is 35.5. The predicted molar refractivity (Wildman–Crippen MR) is 69.0 cm³/mol. The van der Waals surface area contributed by atoms with Crippen LogP contribution in [0.2, 0.25) is 5.02 Å². The van der Waals surface area contributed by atoms with Crippen molar-refractivity contribution in [2.45, 2.75) is 13.3 Å². The van der Waals surface area contributed by atoms with Crippen molar-refractivity contribution in [2.75, 3.05) is 0 Å². The molecule has 0 aromatic heterocycles. The molecule has 0 fully saturated rings. The second-order valence-corrected chi connectivity index (χ2v) is 4.60. The van der Waals surface area contributed by atoms with Crippen molar-refractivity contribution >= 4 is 17.2 Å². The van der Waals surface area contributed by atoms with Crippen LogP contribution >= 0.6 is 11.6 Å². The Bertz CT molecular complexity index is 552. The third-order valence-electron chi connectivity index (χ3n) is 3.07. The van der Waals surface area contributed by atoms with E-state index >= 15 is 0 Å². The molecule has 17 heavy (non-hydrogen) atoms. The quantitative estimate of drug-likeness (QED) is 0.812. The Labute approximate surface area is 105 Å². The van der Waals surface area contributed by atoms with Crippen molar-refractivity contribution in [3.63, 3.8) is 0 Å². The molecule has 0 spiro atoms. The molecular formula is C14H12ClNO. The zero-order chi connectivity index (χ0) is 11.8. The van der Waals surface area contributed by atoms with Crippen molar-refractivity contribution in [3.8, 4) is 0 Å². The van der Waals surface area contributed by atoms with Gasteiger partial charge in [0.15, 0.2) is 0 Å². The lowest BCUT2D eigenvalue weighted by molar-refractivity contribution is 0.156. The van der Waals surface area contributed by atoms with Crippen LogP contribution in [-0.4, -0.2) is 0 Å². The highest BCUT2D eigenvalue weighted by Gasteiger charge is 2.21. The SMILES string of the molecule is CC1=C2CC=C(c3ccc(Cl)cc3)C=C2NO1. The molecule has 1 aliphatic carbocycles. The Morgan fingerprint density at radius 3 is 2.76 bits per heavy atom. The van der Waals surface area contributed by atoms with Crippen LogP contribution in [0.3, 0.4) is 0 Å². The molecule has 0 bridgehead atoms. The van der Waals surface area contributed by atoms with Gasteiger partial charge in [-0.1, -0.05) is 29.8 Å². The largest absolute Gasteiger partial charge is 0.387 e. The van der Waals surface area contributed by atoms with Crippen LogP contribution in [-0.2, 0) is 4.84 Å². The molecule has 1 heterocycles. The number of allylic oxidation sites excluding steroid dienone is 5. The van der Waals surface area contributed by atoms with E-state index in [2.05, 4.69) is 17.6 Å². The molecule has 1 N–H and O–H groups in total. The molecule has 3 rings (SSSR count). The number of rotatable bonds is 1. The van der Waals surface area contributed by atoms with Crippen molar-refractivity contribution in [3.05, 3.63) is 64.0 Å². The van der Waals surface area contributed by atoms with Crippen LogP contribution in [0.4, 0.5) is 0 Å². The third-order valence-corrected chi connectivity index (χ3v) is 3.32. The Morgan fingerprint density at radius 2 is 2.00 bits per heavy atom. The molecular weight excluding hydrogens is 234 g/mol. The monoisotopic (exact) mass is 245 g/mol. The van der Waals surface area contributed by atoms with E-state index in [1.54, 1.807) is 0 Å². The number of fused-ring (bicyclic) bond motifs is 1. The van der Waals surface area contributed by atoms with Crippen molar-refractivity contribution in [1.82, 2.24) is 5.48 Å².